The fraction of sp³-hybridized carbons (Fsp3) is 0.464. The zero-order valence-electron chi connectivity index (χ0n) is 20.9. The first-order valence-electron chi connectivity index (χ1n) is 12.7. The maximum absolute atomic E-state index is 12.6. The van der Waals surface area contributed by atoms with Crippen molar-refractivity contribution in [3.63, 3.8) is 0 Å². The van der Waals surface area contributed by atoms with E-state index in [1.54, 1.807) is 0 Å². The molecule has 4 rings (SSSR count). The zero-order chi connectivity index (χ0) is 24.5. The highest BCUT2D eigenvalue weighted by atomic mass is 16.2. The number of fused-ring (bicyclic) bond motifs is 1. The van der Waals surface area contributed by atoms with Gasteiger partial charge in [-0.25, -0.2) is 4.98 Å². The summed E-state index contributed by atoms with van der Waals surface area (Å²) in [5.74, 6) is 1.47. The number of H-pyrrole nitrogens is 1. The summed E-state index contributed by atoms with van der Waals surface area (Å²) in [4.78, 5) is 32.6. The predicted molar refractivity (Wildman–Crippen MR) is 141 cm³/mol. The molecule has 2 atom stereocenters. The third-order valence-electron chi connectivity index (χ3n) is 6.40. The molecule has 1 fully saturated rings. The Morgan fingerprint density at radius 3 is 2.41 bits per heavy atom. The van der Waals surface area contributed by atoms with Crippen molar-refractivity contribution in [2.24, 2.45) is 11.8 Å². The fourth-order valence-corrected chi connectivity index (χ4v) is 4.46. The Bertz CT molecular complexity index is 1090. The minimum absolute atomic E-state index is 0.0523. The Kier molecular flexibility index (Phi) is 9.25. The normalized spacial score (nSPS) is 17.2. The van der Waals surface area contributed by atoms with E-state index >= 15 is 0 Å². The number of benzene rings is 2. The van der Waals surface area contributed by atoms with E-state index in [-0.39, 0.29) is 17.7 Å². The quantitative estimate of drug-likeness (QED) is 0.311. The molecule has 2 unspecified atom stereocenters. The van der Waals surface area contributed by atoms with Crippen molar-refractivity contribution in [1.82, 2.24) is 9.97 Å². The molecule has 6 nitrogen and oxygen atoms in total. The number of aromatic nitrogens is 2. The molecule has 6 heteroatoms. The van der Waals surface area contributed by atoms with Crippen LogP contribution in [0.4, 0.5) is 11.4 Å². The van der Waals surface area contributed by atoms with Gasteiger partial charge in [0.2, 0.25) is 11.8 Å². The van der Waals surface area contributed by atoms with Gasteiger partial charge < -0.3 is 15.6 Å². The Labute approximate surface area is 202 Å². The smallest absolute Gasteiger partial charge is 0.227 e. The summed E-state index contributed by atoms with van der Waals surface area (Å²) in [7, 11) is 0. The number of rotatable bonds is 8. The third-order valence-corrected chi connectivity index (χ3v) is 6.40. The first-order valence-corrected chi connectivity index (χ1v) is 12.7. The summed E-state index contributed by atoms with van der Waals surface area (Å²) in [5.41, 5.74) is 4.25. The maximum Gasteiger partial charge on any atom is 0.227 e. The third kappa shape index (κ3) is 6.46. The monoisotopic (exact) mass is 462 g/mol. The summed E-state index contributed by atoms with van der Waals surface area (Å²) < 4.78 is 0. The Morgan fingerprint density at radius 2 is 1.74 bits per heavy atom. The average Bonchev–Trinajstić information content (AvgIpc) is 3.47. The van der Waals surface area contributed by atoms with Crippen LogP contribution in [-0.4, -0.2) is 21.8 Å². The Hall–Kier alpha value is -3.15. The van der Waals surface area contributed by atoms with Gasteiger partial charge >= 0.3 is 0 Å². The van der Waals surface area contributed by atoms with Gasteiger partial charge in [-0.3, -0.25) is 9.59 Å². The first-order chi connectivity index (χ1) is 16.5. The lowest BCUT2D eigenvalue weighted by molar-refractivity contribution is -0.120. The number of unbranched alkanes of at least 4 members (excludes halogenated alkanes) is 2. The molecule has 182 valence electrons. The topological polar surface area (TPSA) is 86.9 Å². The fourth-order valence-electron chi connectivity index (χ4n) is 4.46. The Morgan fingerprint density at radius 1 is 1.00 bits per heavy atom. The van der Waals surface area contributed by atoms with Crippen LogP contribution < -0.4 is 10.6 Å². The van der Waals surface area contributed by atoms with E-state index in [1.165, 1.54) is 0 Å². The van der Waals surface area contributed by atoms with Gasteiger partial charge in [0.05, 0.1) is 11.0 Å². The molecule has 1 saturated carbocycles. The molecule has 0 bridgehead atoms. The van der Waals surface area contributed by atoms with Crippen molar-refractivity contribution in [2.75, 3.05) is 10.6 Å². The highest BCUT2D eigenvalue weighted by Gasteiger charge is 2.29. The number of nitrogens with one attached hydrogen (secondary N) is 3. The number of hydrogen-bond acceptors (Lipinski definition) is 3. The van der Waals surface area contributed by atoms with Gasteiger partial charge in [-0.2, -0.15) is 0 Å². The van der Waals surface area contributed by atoms with Crippen molar-refractivity contribution >= 4 is 34.2 Å². The van der Waals surface area contributed by atoms with Crippen molar-refractivity contribution < 1.29 is 9.59 Å². The molecule has 0 aliphatic heterocycles. The second-order valence-corrected chi connectivity index (χ2v) is 8.90. The van der Waals surface area contributed by atoms with Crippen molar-refractivity contribution in [2.45, 2.75) is 72.6 Å². The molecular weight excluding hydrogens is 424 g/mol. The molecule has 1 aliphatic rings. The second kappa shape index (κ2) is 12.4. The number of anilines is 2. The van der Waals surface area contributed by atoms with E-state index < -0.39 is 0 Å². The summed E-state index contributed by atoms with van der Waals surface area (Å²) >= 11 is 0. The molecule has 0 saturated heterocycles. The van der Waals surface area contributed by atoms with Crippen LogP contribution >= 0.6 is 0 Å². The van der Waals surface area contributed by atoms with Crippen LogP contribution in [0.25, 0.3) is 22.4 Å². The zero-order valence-corrected chi connectivity index (χ0v) is 20.9. The molecular formula is C28H38N4O2. The van der Waals surface area contributed by atoms with Crippen LogP contribution in [0.15, 0.2) is 42.5 Å². The molecule has 2 amide bonds. The van der Waals surface area contributed by atoms with E-state index in [4.69, 9.17) is 0 Å². The summed E-state index contributed by atoms with van der Waals surface area (Å²) in [5, 5.41) is 6.02. The number of carbonyl (C=O) groups is 2. The molecule has 2 aromatic carbocycles. The van der Waals surface area contributed by atoms with E-state index in [9.17, 15) is 9.59 Å². The first kappa shape index (κ1) is 25.5. The summed E-state index contributed by atoms with van der Waals surface area (Å²) in [6.45, 7) is 8.28. The van der Waals surface area contributed by atoms with Gasteiger partial charge in [-0.1, -0.05) is 47.0 Å². The highest BCUT2D eigenvalue weighted by molar-refractivity contribution is 5.95. The number of imidazole rings is 1. The second-order valence-electron chi connectivity index (χ2n) is 8.90. The largest absolute Gasteiger partial charge is 0.338 e. The van der Waals surface area contributed by atoms with Crippen LogP contribution in [-0.2, 0) is 9.59 Å². The standard InChI is InChI=1S/C26H32N4O2.C2H6/c1-3-4-5-9-24(31)27-19-12-10-18(11-13-19)25-29-22-15-14-20(16-23(22)30-25)28-26(32)21-8-6-7-17(21)2;1-2/h10-17,21H,3-9H2,1-2H3,(H,27,31)(H,28,32)(H,29,30);1-2H3. The van der Waals surface area contributed by atoms with Crippen molar-refractivity contribution in [3.8, 4) is 11.4 Å². The number of nitrogens with zero attached hydrogens (tertiary/aromatic N) is 1. The van der Waals surface area contributed by atoms with Gasteiger partial charge in [0.15, 0.2) is 0 Å². The van der Waals surface area contributed by atoms with Crippen LogP contribution in [0.2, 0.25) is 0 Å². The Balaban J connectivity index is 0.00000158. The molecule has 34 heavy (non-hydrogen) atoms. The molecule has 1 aliphatic carbocycles. The van der Waals surface area contributed by atoms with E-state index in [0.717, 1.165) is 72.3 Å². The van der Waals surface area contributed by atoms with Crippen molar-refractivity contribution in [3.05, 3.63) is 42.5 Å². The number of carbonyl (C=O) groups excluding carboxylic acids is 2. The number of hydrogen-bond donors (Lipinski definition) is 3. The average molecular weight is 463 g/mol. The molecule has 3 aromatic rings. The van der Waals surface area contributed by atoms with E-state index in [2.05, 4.69) is 34.4 Å². The van der Waals surface area contributed by atoms with Crippen LogP contribution in [0.3, 0.4) is 0 Å². The minimum Gasteiger partial charge on any atom is -0.338 e. The lowest BCUT2D eigenvalue weighted by atomic mass is 9.97. The van der Waals surface area contributed by atoms with Crippen molar-refractivity contribution in [1.29, 1.82) is 0 Å². The minimum atomic E-state index is 0.0523. The summed E-state index contributed by atoms with van der Waals surface area (Å²) in [6, 6.07) is 13.5. The maximum atomic E-state index is 12.6. The highest BCUT2D eigenvalue weighted by Crippen LogP contribution is 2.32. The number of aromatic amines is 1. The molecule has 0 radical (unpaired) electrons. The van der Waals surface area contributed by atoms with Gasteiger partial charge in [0, 0.05) is 29.3 Å². The van der Waals surface area contributed by atoms with Crippen LogP contribution in [0.1, 0.15) is 72.6 Å². The number of amides is 2. The lowest BCUT2D eigenvalue weighted by Gasteiger charge is -2.15. The molecule has 0 spiro atoms. The van der Waals surface area contributed by atoms with E-state index in [1.807, 2.05) is 56.3 Å². The SMILES string of the molecule is CC.CCCCCC(=O)Nc1ccc(-c2nc3ccc(NC(=O)C4CCCC4C)cc3[nH]2)cc1. The van der Waals surface area contributed by atoms with E-state index in [0.29, 0.717) is 12.3 Å². The molecule has 1 aromatic heterocycles. The molecule has 1 heterocycles. The summed E-state index contributed by atoms with van der Waals surface area (Å²) in [6.07, 6.45) is 6.88. The lowest BCUT2D eigenvalue weighted by Crippen LogP contribution is -2.24. The van der Waals surface area contributed by atoms with Gasteiger partial charge in [-0.15, -0.1) is 0 Å². The van der Waals surface area contributed by atoms with Crippen LogP contribution in [0, 0.1) is 11.8 Å². The molecule has 3 N–H and O–H groups in total. The van der Waals surface area contributed by atoms with Crippen LogP contribution in [0.5, 0.6) is 0 Å². The van der Waals surface area contributed by atoms with Gasteiger partial charge in [0.25, 0.3) is 0 Å². The van der Waals surface area contributed by atoms with Gasteiger partial charge in [-0.05, 0) is 67.6 Å². The predicted octanol–water partition coefficient (Wildman–Crippen LogP) is 7.15. The van der Waals surface area contributed by atoms with Gasteiger partial charge in [0.1, 0.15) is 5.82 Å².